The molecule has 1 aromatic carbocycles. The zero-order chi connectivity index (χ0) is 17.6. The first-order chi connectivity index (χ1) is 12.1. The van der Waals surface area contributed by atoms with E-state index in [0.717, 1.165) is 24.9 Å². The minimum absolute atomic E-state index is 0. The summed E-state index contributed by atoms with van der Waals surface area (Å²) in [6.45, 7) is 3.56. The SMILES string of the molecule is CC1NCCCC1NC(=O)c1ccc(CNC(=O)c2cccs2)cc1.Cl. The second-order valence-corrected chi connectivity index (χ2v) is 7.27. The quantitative estimate of drug-likeness (QED) is 0.731. The summed E-state index contributed by atoms with van der Waals surface area (Å²) < 4.78 is 0. The molecule has 2 aromatic rings. The van der Waals surface area contributed by atoms with Gasteiger partial charge in [-0.3, -0.25) is 9.59 Å². The van der Waals surface area contributed by atoms with E-state index in [9.17, 15) is 9.59 Å². The molecular weight excluding hydrogens is 370 g/mol. The van der Waals surface area contributed by atoms with Gasteiger partial charge in [-0.15, -0.1) is 23.7 Å². The van der Waals surface area contributed by atoms with E-state index < -0.39 is 0 Å². The number of hydrogen-bond acceptors (Lipinski definition) is 4. The molecule has 140 valence electrons. The van der Waals surface area contributed by atoms with Crippen LogP contribution in [0.1, 0.15) is 45.4 Å². The Morgan fingerprint density at radius 2 is 1.96 bits per heavy atom. The number of carbonyl (C=O) groups excluding carboxylic acids is 2. The highest BCUT2D eigenvalue weighted by Gasteiger charge is 2.22. The first kappa shape index (κ1) is 20.4. The van der Waals surface area contributed by atoms with Crippen molar-refractivity contribution < 1.29 is 9.59 Å². The van der Waals surface area contributed by atoms with Crippen LogP contribution < -0.4 is 16.0 Å². The van der Waals surface area contributed by atoms with Crippen LogP contribution in [0.15, 0.2) is 41.8 Å². The number of carbonyl (C=O) groups is 2. The lowest BCUT2D eigenvalue weighted by Crippen LogP contribution is -2.51. The molecule has 7 heteroatoms. The van der Waals surface area contributed by atoms with Crippen molar-refractivity contribution in [1.29, 1.82) is 0 Å². The van der Waals surface area contributed by atoms with Gasteiger partial charge in [0, 0.05) is 24.2 Å². The topological polar surface area (TPSA) is 70.2 Å². The third-order valence-electron chi connectivity index (χ3n) is 4.49. The predicted molar refractivity (Wildman–Crippen MR) is 107 cm³/mol. The summed E-state index contributed by atoms with van der Waals surface area (Å²) in [6.07, 6.45) is 2.09. The number of thiophene rings is 1. The van der Waals surface area contributed by atoms with E-state index in [0.29, 0.717) is 23.0 Å². The Morgan fingerprint density at radius 3 is 2.62 bits per heavy atom. The zero-order valence-electron chi connectivity index (χ0n) is 14.7. The van der Waals surface area contributed by atoms with Crippen LogP contribution in [0.25, 0.3) is 0 Å². The van der Waals surface area contributed by atoms with Crippen molar-refractivity contribution >= 4 is 35.6 Å². The van der Waals surface area contributed by atoms with E-state index in [1.807, 2.05) is 35.7 Å². The average molecular weight is 394 g/mol. The van der Waals surface area contributed by atoms with Crippen molar-refractivity contribution in [1.82, 2.24) is 16.0 Å². The van der Waals surface area contributed by atoms with Crippen LogP contribution in [-0.4, -0.2) is 30.4 Å². The fraction of sp³-hybridized carbons (Fsp3) is 0.368. The summed E-state index contributed by atoms with van der Waals surface area (Å²) in [6, 6.07) is 11.5. The molecule has 1 fully saturated rings. The second kappa shape index (κ2) is 9.71. The molecule has 3 N–H and O–H groups in total. The van der Waals surface area contributed by atoms with Crippen LogP contribution in [0.5, 0.6) is 0 Å². The molecule has 0 bridgehead atoms. The third-order valence-corrected chi connectivity index (χ3v) is 5.36. The van der Waals surface area contributed by atoms with Gasteiger partial charge in [-0.2, -0.15) is 0 Å². The summed E-state index contributed by atoms with van der Waals surface area (Å²) in [4.78, 5) is 25.0. The lowest BCUT2D eigenvalue weighted by molar-refractivity contribution is 0.0917. The minimum Gasteiger partial charge on any atom is -0.348 e. The third kappa shape index (κ3) is 5.30. The molecule has 2 unspecified atom stereocenters. The van der Waals surface area contributed by atoms with Crippen LogP contribution in [0.3, 0.4) is 0 Å². The summed E-state index contributed by atoms with van der Waals surface area (Å²) in [7, 11) is 0. The molecule has 1 saturated heterocycles. The molecule has 1 aliphatic rings. The Bertz CT molecular complexity index is 719. The van der Waals surface area contributed by atoms with Gasteiger partial charge in [-0.1, -0.05) is 18.2 Å². The number of benzene rings is 1. The van der Waals surface area contributed by atoms with Gasteiger partial charge in [0.05, 0.1) is 4.88 Å². The minimum atomic E-state index is -0.0735. The monoisotopic (exact) mass is 393 g/mol. The van der Waals surface area contributed by atoms with Gasteiger partial charge in [0.1, 0.15) is 0 Å². The van der Waals surface area contributed by atoms with Crippen LogP contribution in [0, 0.1) is 0 Å². The lowest BCUT2D eigenvalue weighted by Gasteiger charge is -2.30. The largest absolute Gasteiger partial charge is 0.348 e. The fourth-order valence-corrected chi connectivity index (χ4v) is 3.58. The normalized spacial score (nSPS) is 19.3. The standard InChI is InChI=1S/C19H23N3O2S.ClH/c1-13-16(4-2-10-20-13)22-18(23)15-8-6-14(7-9-15)12-21-19(24)17-5-3-11-25-17;/h3,5-9,11,13,16,20H,2,4,10,12H2,1H3,(H,21,24)(H,22,23);1H. The first-order valence-corrected chi connectivity index (χ1v) is 9.46. The smallest absolute Gasteiger partial charge is 0.261 e. The first-order valence-electron chi connectivity index (χ1n) is 8.58. The predicted octanol–water partition coefficient (Wildman–Crippen LogP) is 2.97. The summed E-state index contributed by atoms with van der Waals surface area (Å²) in [5, 5.41) is 11.3. The molecule has 26 heavy (non-hydrogen) atoms. The van der Waals surface area contributed by atoms with Crippen molar-refractivity contribution in [3.8, 4) is 0 Å². The Kier molecular flexibility index (Phi) is 7.63. The molecule has 0 saturated carbocycles. The lowest BCUT2D eigenvalue weighted by atomic mass is 9.99. The Morgan fingerprint density at radius 1 is 1.19 bits per heavy atom. The van der Waals surface area contributed by atoms with E-state index in [1.165, 1.54) is 11.3 Å². The van der Waals surface area contributed by atoms with Gasteiger partial charge in [-0.05, 0) is 55.5 Å². The number of piperidine rings is 1. The number of rotatable bonds is 5. The Labute approximate surface area is 164 Å². The number of nitrogens with one attached hydrogen (secondary N) is 3. The van der Waals surface area contributed by atoms with Crippen LogP contribution in [-0.2, 0) is 6.54 Å². The van der Waals surface area contributed by atoms with Crippen molar-refractivity contribution in [3.63, 3.8) is 0 Å². The van der Waals surface area contributed by atoms with Crippen LogP contribution in [0.4, 0.5) is 0 Å². The van der Waals surface area contributed by atoms with Gasteiger partial charge < -0.3 is 16.0 Å². The van der Waals surface area contributed by atoms with Gasteiger partial charge >= 0.3 is 0 Å². The summed E-state index contributed by atoms with van der Waals surface area (Å²) >= 11 is 1.42. The van der Waals surface area contributed by atoms with E-state index in [4.69, 9.17) is 0 Å². The second-order valence-electron chi connectivity index (χ2n) is 6.32. The molecule has 2 heterocycles. The molecule has 1 aromatic heterocycles. The van der Waals surface area contributed by atoms with Gasteiger partial charge in [0.25, 0.3) is 11.8 Å². The van der Waals surface area contributed by atoms with Crippen molar-refractivity contribution in [2.45, 2.75) is 38.4 Å². The molecule has 3 rings (SSSR count). The highest BCUT2D eigenvalue weighted by molar-refractivity contribution is 7.12. The van der Waals surface area contributed by atoms with E-state index in [2.05, 4.69) is 22.9 Å². The average Bonchev–Trinajstić information content (AvgIpc) is 3.17. The number of amides is 2. The summed E-state index contributed by atoms with van der Waals surface area (Å²) in [5.74, 6) is -0.120. The highest BCUT2D eigenvalue weighted by Crippen LogP contribution is 2.11. The van der Waals surface area contributed by atoms with E-state index >= 15 is 0 Å². The van der Waals surface area contributed by atoms with Gasteiger partial charge in [-0.25, -0.2) is 0 Å². The van der Waals surface area contributed by atoms with Gasteiger partial charge in [0.2, 0.25) is 0 Å². The van der Waals surface area contributed by atoms with Crippen molar-refractivity contribution in [2.75, 3.05) is 6.54 Å². The fourth-order valence-electron chi connectivity index (χ4n) is 2.94. The summed E-state index contributed by atoms with van der Waals surface area (Å²) in [5.41, 5.74) is 1.61. The van der Waals surface area contributed by atoms with Crippen LogP contribution >= 0.6 is 23.7 Å². The molecule has 5 nitrogen and oxygen atoms in total. The van der Waals surface area contributed by atoms with Crippen LogP contribution in [0.2, 0.25) is 0 Å². The van der Waals surface area contributed by atoms with E-state index in [-0.39, 0.29) is 30.3 Å². The molecule has 2 atom stereocenters. The molecule has 0 radical (unpaired) electrons. The number of hydrogen-bond donors (Lipinski definition) is 3. The Balaban J connectivity index is 0.00000243. The molecular formula is C19H24ClN3O2S. The molecule has 0 aliphatic carbocycles. The van der Waals surface area contributed by atoms with Gasteiger partial charge in [0.15, 0.2) is 0 Å². The maximum absolute atomic E-state index is 12.4. The molecule has 0 spiro atoms. The van der Waals surface area contributed by atoms with Crippen molar-refractivity contribution in [2.24, 2.45) is 0 Å². The Hall–Kier alpha value is -1.89. The molecule has 1 aliphatic heterocycles. The zero-order valence-corrected chi connectivity index (χ0v) is 16.3. The maximum Gasteiger partial charge on any atom is 0.261 e. The number of halogens is 1. The maximum atomic E-state index is 12.4. The highest BCUT2D eigenvalue weighted by atomic mass is 35.5. The van der Waals surface area contributed by atoms with Crippen molar-refractivity contribution in [3.05, 3.63) is 57.8 Å². The molecule has 2 amide bonds. The van der Waals surface area contributed by atoms with E-state index in [1.54, 1.807) is 6.07 Å².